The summed E-state index contributed by atoms with van der Waals surface area (Å²) in [6, 6.07) is 6.87. The zero-order chi connectivity index (χ0) is 13.9. The highest BCUT2D eigenvalue weighted by Crippen LogP contribution is 2.23. The molecule has 2 aliphatic rings. The predicted octanol–water partition coefficient (Wildman–Crippen LogP) is 1.65. The second kappa shape index (κ2) is 5.54. The number of ether oxygens (including phenoxy) is 1. The summed E-state index contributed by atoms with van der Waals surface area (Å²) in [5.41, 5.74) is 0.581. The maximum Gasteiger partial charge on any atom is 0.290 e. The van der Waals surface area contributed by atoms with Gasteiger partial charge in [-0.3, -0.25) is 9.69 Å². The topological polar surface area (TPSA) is 61.8 Å². The van der Waals surface area contributed by atoms with E-state index in [-0.39, 0.29) is 23.8 Å². The van der Waals surface area contributed by atoms with Crippen LogP contribution in [0.1, 0.15) is 24.8 Å². The predicted molar refractivity (Wildman–Crippen MR) is 74.5 cm³/mol. The number of aromatic hydroxyl groups is 1. The van der Waals surface area contributed by atoms with Gasteiger partial charge in [-0.05, 0) is 25.0 Å². The highest BCUT2D eigenvalue weighted by molar-refractivity contribution is 5.97. The zero-order valence-corrected chi connectivity index (χ0v) is 11.2. The van der Waals surface area contributed by atoms with Gasteiger partial charge in [-0.15, -0.1) is 0 Å². The van der Waals surface area contributed by atoms with Crippen molar-refractivity contribution in [3.63, 3.8) is 0 Å². The number of likely N-dealkylation sites (tertiary alicyclic amines) is 1. The van der Waals surface area contributed by atoms with E-state index in [4.69, 9.17) is 4.74 Å². The van der Waals surface area contributed by atoms with Crippen LogP contribution in [0.3, 0.4) is 0 Å². The fourth-order valence-corrected chi connectivity index (χ4v) is 2.56. The smallest absolute Gasteiger partial charge is 0.290 e. The molecule has 1 unspecified atom stereocenters. The van der Waals surface area contributed by atoms with Gasteiger partial charge < -0.3 is 15.2 Å². The molecule has 2 heterocycles. The maximum absolute atomic E-state index is 11.9. The van der Waals surface area contributed by atoms with Gasteiger partial charge in [0.05, 0.1) is 0 Å². The summed E-state index contributed by atoms with van der Waals surface area (Å²) in [4.78, 5) is 14.1. The van der Waals surface area contributed by atoms with Crippen molar-refractivity contribution in [3.8, 4) is 5.75 Å². The van der Waals surface area contributed by atoms with E-state index in [2.05, 4.69) is 10.2 Å². The Morgan fingerprint density at radius 1 is 1.25 bits per heavy atom. The molecule has 0 bridgehead atoms. The third-order valence-corrected chi connectivity index (χ3v) is 3.66. The Hall–Kier alpha value is -2.01. The summed E-state index contributed by atoms with van der Waals surface area (Å²) < 4.78 is 5.69. The average Bonchev–Trinajstić information content (AvgIpc) is 2.84. The molecule has 0 radical (unpaired) electrons. The first kappa shape index (κ1) is 13.0. The van der Waals surface area contributed by atoms with Crippen LogP contribution in [-0.2, 0) is 9.53 Å². The van der Waals surface area contributed by atoms with Crippen LogP contribution in [0.4, 0.5) is 0 Å². The van der Waals surface area contributed by atoms with Crippen LogP contribution >= 0.6 is 0 Å². The van der Waals surface area contributed by atoms with Crippen LogP contribution in [0.2, 0.25) is 0 Å². The lowest BCUT2D eigenvalue weighted by Gasteiger charge is -2.30. The van der Waals surface area contributed by atoms with Crippen molar-refractivity contribution >= 4 is 12.0 Å². The minimum Gasteiger partial charge on any atom is -0.507 e. The van der Waals surface area contributed by atoms with Crippen molar-refractivity contribution in [2.45, 2.75) is 25.6 Å². The first-order valence-corrected chi connectivity index (χ1v) is 6.95. The van der Waals surface area contributed by atoms with Crippen molar-refractivity contribution < 1.29 is 14.6 Å². The fourth-order valence-electron chi connectivity index (χ4n) is 2.56. The first-order chi connectivity index (χ1) is 9.74. The molecule has 0 aromatic heterocycles. The van der Waals surface area contributed by atoms with E-state index in [1.54, 1.807) is 30.3 Å². The minimum atomic E-state index is -0.375. The first-order valence-electron chi connectivity index (χ1n) is 6.95. The molecule has 2 fully saturated rings. The number of rotatable bonds is 2. The van der Waals surface area contributed by atoms with Gasteiger partial charge in [-0.25, -0.2) is 0 Å². The maximum atomic E-state index is 11.9. The zero-order valence-electron chi connectivity index (χ0n) is 11.2. The number of piperidine rings is 1. The molecule has 5 nitrogen and oxygen atoms in total. The van der Waals surface area contributed by atoms with E-state index in [1.807, 2.05) is 0 Å². The quantitative estimate of drug-likeness (QED) is 0.805. The lowest BCUT2D eigenvalue weighted by molar-refractivity contribution is -0.117. The number of amides is 1. The van der Waals surface area contributed by atoms with Crippen LogP contribution < -0.4 is 5.32 Å². The van der Waals surface area contributed by atoms with E-state index in [1.165, 1.54) is 6.42 Å². The summed E-state index contributed by atoms with van der Waals surface area (Å²) in [6.07, 6.45) is 4.70. The number of hydrogen-bond acceptors (Lipinski definition) is 4. The monoisotopic (exact) mass is 274 g/mol. The van der Waals surface area contributed by atoms with Crippen LogP contribution in [0.5, 0.6) is 5.75 Å². The number of hydrogen-bond donors (Lipinski definition) is 2. The van der Waals surface area contributed by atoms with E-state index in [0.29, 0.717) is 5.56 Å². The molecule has 1 aromatic carbocycles. The van der Waals surface area contributed by atoms with Gasteiger partial charge in [0.25, 0.3) is 5.91 Å². The summed E-state index contributed by atoms with van der Waals surface area (Å²) in [5, 5.41) is 12.6. The number of para-hydroxylation sites is 1. The van der Waals surface area contributed by atoms with Crippen molar-refractivity contribution in [1.82, 2.24) is 10.2 Å². The van der Waals surface area contributed by atoms with Crippen molar-refractivity contribution in [2.75, 3.05) is 13.1 Å². The van der Waals surface area contributed by atoms with Crippen molar-refractivity contribution in [1.29, 1.82) is 0 Å². The third-order valence-electron chi connectivity index (χ3n) is 3.66. The number of phenolic OH excluding ortho intramolecular Hbond substituents is 1. The second-order valence-corrected chi connectivity index (χ2v) is 5.11. The molecule has 1 atom stereocenters. The van der Waals surface area contributed by atoms with E-state index < -0.39 is 0 Å². The van der Waals surface area contributed by atoms with Crippen molar-refractivity contribution in [2.24, 2.45) is 0 Å². The second-order valence-electron chi connectivity index (χ2n) is 5.11. The lowest BCUT2D eigenvalue weighted by Crippen LogP contribution is -2.46. The van der Waals surface area contributed by atoms with Gasteiger partial charge in [0, 0.05) is 18.7 Å². The van der Waals surface area contributed by atoms with Gasteiger partial charge in [-0.1, -0.05) is 24.6 Å². The molecule has 2 saturated heterocycles. The van der Waals surface area contributed by atoms with E-state index >= 15 is 0 Å². The van der Waals surface area contributed by atoms with Gasteiger partial charge in [0.2, 0.25) is 6.35 Å². The van der Waals surface area contributed by atoms with Crippen LogP contribution in [-0.4, -0.2) is 35.4 Å². The Labute approximate surface area is 117 Å². The standard InChI is InChI=1S/C15H18N2O3/c18-12-7-3-2-6-11(12)10-13-14(19)16-15(20-13)17-8-4-1-5-9-17/h2-3,6-7,10,15,18H,1,4-5,8-9H2,(H,16,19)/b13-10-. The molecule has 106 valence electrons. The number of carbonyl (C=O) groups is 1. The molecule has 0 saturated carbocycles. The Balaban J connectivity index is 1.75. The molecular formula is C15H18N2O3. The van der Waals surface area contributed by atoms with Crippen LogP contribution in [0.15, 0.2) is 30.0 Å². The largest absolute Gasteiger partial charge is 0.507 e. The minimum absolute atomic E-state index is 0.137. The van der Waals surface area contributed by atoms with Crippen molar-refractivity contribution in [3.05, 3.63) is 35.6 Å². The van der Waals surface area contributed by atoms with Crippen LogP contribution in [0.25, 0.3) is 6.08 Å². The Bertz CT molecular complexity index is 536. The summed E-state index contributed by atoms with van der Waals surface area (Å²) in [6.45, 7) is 1.88. The van der Waals surface area contributed by atoms with Gasteiger partial charge >= 0.3 is 0 Å². The van der Waals surface area contributed by atoms with Crippen LogP contribution in [0, 0.1) is 0 Å². The molecule has 3 rings (SSSR count). The molecule has 0 spiro atoms. The molecule has 0 aliphatic carbocycles. The summed E-state index contributed by atoms with van der Waals surface area (Å²) in [7, 11) is 0. The Morgan fingerprint density at radius 2 is 2.00 bits per heavy atom. The number of carbonyl (C=O) groups excluding carboxylic acids is 1. The Morgan fingerprint density at radius 3 is 2.75 bits per heavy atom. The molecule has 20 heavy (non-hydrogen) atoms. The molecule has 1 aromatic rings. The van der Waals surface area contributed by atoms with Gasteiger partial charge in [-0.2, -0.15) is 0 Å². The van der Waals surface area contributed by atoms with Gasteiger partial charge in [0.1, 0.15) is 5.75 Å². The SMILES string of the molecule is O=C1NC(N2CCCCC2)O/C1=C\c1ccccc1O. The fraction of sp³-hybridized carbons (Fsp3) is 0.400. The Kier molecular flexibility index (Phi) is 3.60. The average molecular weight is 274 g/mol. The number of nitrogens with one attached hydrogen (secondary N) is 1. The van der Waals surface area contributed by atoms with Gasteiger partial charge in [0.15, 0.2) is 5.76 Å². The highest BCUT2D eigenvalue weighted by atomic mass is 16.5. The lowest BCUT2D eigenvalue weighted by atomic mass is 10.1. The van der Waals surface area contributed by atoms with E-state index in [0.717, 1.165) is 25.9 Å². The number of phenols is 1. The summed E-state index contributed by atoms with van der Waals surface area (Å²) >= 11 is 0. The highest BCUT2D eigenvalue weighted by Gasteiger charge is 2.33. The number of nitrogens with zero attached hydrogens (tertiary/aromatic N) is 1. The van der Waals surface area contributed by atoms with E-state index in [9.17, 15) is 9.90 Å². The third kappa shape index (κ3) is 2.63. The number of benzene rings is 1. The molecular weight excluding hydrogens is 256 g/mol. The molecule has 2 aliphatic heterocycles. The summed E-state index contributed by atoms with van der Waals surface area (Å²) in [5.74, 6) is 0.156. The molecule has 2 N–H and O–H groups in total. The molecule has 5 heteroatoms. The normalized spacial score (nSPS) is 25.5. The molecule has 1 amide bonds.